The van der Waals surface area contributed by atoms with E-state index in [2.05, 4.69) is 107 Å². The first-order valence-electron chi connectivity index (χ1n) is 7.31. The van der Waals surface area contributed by atoms with Crippen LogP contribution in [0.5, 0.6) is 0 Å². The van der Waals surface area contributed by atoms with Gasteiger partial charge >= 0.3 is 143 Å². The molecule has 0 fully saturated rings. The van der Waals surface area contributed by atoms with Crippen LogP contribution in [-0.2, 0) is 0 Å². The second-order valence-corrected chi connectivity index (χ2v) is 5.71. The molecule has 4 rings (SSSR count). The van der Waals surface area contributed by atoms with Crippen molar-refractivity contribution >= 4 is 65.7 Å². The molecule has 4 aromatic rings. The molecule has 0 spiro atoms. The van der Waals surface area contributed by atoms with Crippen molar-refractivity contribution in [3.8, 4) is 5.69 Å². The second kappa shape index (κ2) is 5.13. The van der Waals surface area contributed by atoms with Crippen molar-refractivity contribution in [1.29, 1.82) is 0 Å². The molecule has 0 amide bonds. The molecule has 3 aromatic carbocycles. The number of nitrogens with zero attached hydrogens (tertiary/aromatic N) is 1. The monoisotopic (exact) mass is 255 g/mol. The van der Waals surface area contributed by atoms with Gasteiger partial charge in [-0.1, -0.05) is 0 Å². The molecule has 0 saturated carbocycles. The van der Waals surface area contributed by atoms with Crippen molar-refractivity contribution in [2.24, 2.45) is 0 Å². The van der Waals surface area contributed by atoms with E-state index in [1.165, 1.54) is 36.0 Å². The molecule has 0 radical (unpaired) electrons. The Labute approximate surface area is 142 Å². The average Bonchev–Trinajstić information content (AvgIpc) is 2.81. The Morgan fingerprint density at radius 2 is 1.14 bits per heavy atom. The number of hydrogen-bond acceptors (Lipinski definition) is 0. The summed E-state index contributed by atoms with van der Waals surface area (Å²) in [5.41, 5.74) is 3.75. The molecule has 1 heterocycles. The number of para-hydroxylation sites is 1. The van der Waals surface area contributed by atoms with Gasteiger partial charge < -0.3 is 0 Å². The number of rotatable bonds is 1. The van der Waals surface area contributed by atoms with Crippen molar-refractivity contribution in [3.05, 3.63) is 66.7 Å². The van der Waals surface area contributed by atoms with Crippen LogP contribution in [0.4, 0.5) is 0 Å². The van der Waals surface area contributed by atoms with Crippen molar-refractivity contribution in [3.63, 3.8) is 0 Å². The van der Waals surface area contributed by atoms with Crippen LogP contribution in [0, 0.1) is 0 Å². The molecule has 1 nitrogen and oxygen atoms in total. The zero-order chi connectivity index (χ0) is 14.4. The van der Waals surface area contributed by atoms with Gasteiger partial charge in [0.1, 0.15) is 0 Å². The van der Waals surface area contributed by atoms with Crippen LogP contribution in [0.3, 0.4) is 0 Å². The standard InChI is InChI=1S/C18H11N.2Li/c1-2-8-14(9-3-1)19-17-12-6-4-10-15(17)16-11-5-7-13-18(16)19;;/h1-3,6-13H;;. The van der Waals surface area contributed by atoms with Gasteiger partial charge in [-0.2, -0.15) is 0 Å². The van der Waals surface area contributed by atoms with E-state index >= 15 is 0 Å². The van der Waals surface area contributed by atoms with E-state index in [9.17, 15) is 0 Å². The number of aromatic nitrogens is 1. The van der Waals surface area contributed by atoms with Crippen molar-refractivity contribution in [2.75, 3.05) is 0 Å². The van der Waals surface area contributed by atoms with Crippen LogP contribution in [0.2, 0.25) is 0 Å². The van der Waals surface area contributed by atoms with E-state index in [4.69, 9.17) is 0 Å². The van der Waals surface area contributed by atoms with Gasteiger partial charge in [0.15, 0.2) is 0 Å². The first-order chi connectivity index (χ1) is 10.2. The third kappa shape index (κ3) is 2.19. The normalized spacial score (nSPS) is 11.4. The fourth-order valence-corrected chi connectivity index (χ4v) is 3.11. The molecular formula is C18H11Li2N. The molecule has 90 valence electrons. The summed E-state index contributed by atoms with van der Waals surface area (Å²) in [6.45, 7) is 0. The third-order valence-corrected chi connectivity index (χ3v) is 4.09. The second-order valence-electron chi connectivity index (χ2n) is 5.71. The van der Waals surface area contributed by atoms with E-state index in [-0.39, 0.29) is 0 Å². The summed E-state index contributed by atoms with van der Waals surface area (Å²) >= 11 is 4.31. The van der Waals surface area contributed by atoms with Gasteiger partial charge in [0, 0.05) is 0 Å². The van der Waals surface area contributed by atoms with E-state index in [1.54, 1.807) is 0 Å². The van der Waals surface area contributed by atoms with Gasteiger partial charge in [0.2, 0.25) is 0 Å². The van der Waals surface area contributed by atoms with E-state index in [1.807, 2.05) is 0 Å². The summed E-state index contributed by atoms with van der Waals surface area (Å²) in [4.78, 5) is 0. The molecule has 0 atom stereocenters. The molecule has 0 saturated heterocycles. The zero-order valence-electron chi connectivity index (χ0n) is 12.3. The number of hydrogen-bond donors (Lipinski definition) is 0. The van der Waals surface area contributed by atoms with E-state index in [0.29, 0.717) is 0 Å². The predicted molar refractivity (Wildman–Crippen MR) is 91.6 cm³/mol. The van der Waals surface area contributed by atoms with E-state index in [0.717, 1.165) is 0 Å². The molecule has 0 aliphatic heterocycles. The minimum atomic E-state index is 1.21. The Morgan fingerprint density at radius 1 is 0.619 bits per heavy atom. The summed E-state index contributed by atoms with van der Waals surface area (Å²) in [5.74, 6) is 0. The Hall–Kier alpha value is -1.35. The maximum absolute atomic E-state index is 2.35. The van der Waals surface area contributed by atoms with Crippen LogP contribution in [0.1, 0.15) is 0 Å². The van der Waals surface area contributed by atoms with Crippen molar-refractivity contribution in [2.45, 2.75) is 0 Å². The Balaban J connectivity index is 2.22. The molecule has 21 heavy (non-hydrogen) atoms. The molecular weight excluding hydrogens is 244 g/mol. The van der Waals surface area contributed by atoms with Crippen molar-refractivity contribution < 1.29 is 0 Å². The Bertz CT molecular complexity index is 896. The minimum absolute atomic E-state index is 1.21. The first kappa shape index (κ1) is 13.3. The van der Waals surface area contributed by atoms with Crippen LogP contribution < -0.4 is 8.47 Å². The molecule has 0 aliphatic rings. The van der Waals surface area contributed by atoms with Gasteiger partial charge in [0.25, 0.3) is 0 Å². The van der Waals surface area contributed by atoms with Crippen LogP contribution in [0.25, 0.3) is 27.5 Å². The van der Waals surface area contributed by atoms with Gasteiger partial charge in [-0.15, -0.1) is 0 Å². The molecule has 1 aromatic heterocycles. The molecule has 0 bridgehead atoms. The van der Waals surface area contributed by atoms with Crippen LogP contribution >= 0.6 is 0 Å². The molecule has 0 N–H and O–H groups in total. The van der Waals surface area contributed by atoms with Crippen LogP contribution in [0.15, 0.2) is 66.7 Å². The van der Waals surface area contributed by atoms with Crippen LogP contribution in [-0.4, -0.2) is 40.0 Å². The summed E-state index contributed by atoms with van der Waals surface area (Å²) in [6.07, 6.45) is 0. The fourth-order valence-electron chi connectivity index (χ4n) is 3.11. The number of fused-ring (bicyclic) bond motifs is 3. The quantitative estimate of drug-likeness (QED) is 0.460. The number of benzene rings is 3. The SMILES string of the molecule is [Li][c]1ccc2c(c1)c1c[c]([Li])ccc1n2-c1ccccc1. The van der Waals surface area contributed by atoms with E-state index < -0.39 is 0 Å². The molecule has 0 aliphatic carbocycles. The maximum atomic E-state index is 2.35. The summed E-state index contributed by atoms with van der Waals surface area (Å²) in [7, 11) is 0. The Kier molecular flexibility index (Phi) is 3.26. The third-order valence-electron chi connectivity index (χ3n) is 4.09. The first-order valence-corrected chi connectivity index (χ1v) is 7.31. The van der Waals surface area contributed by atoms with Gasteiger partial charge in [-0.05, 0) is 0 Å². The zero-order valence-corrected chi connectivity index (χ0v) is 12.3. The Morgan fingerprint density at radius 3 is 1.67 bits per heavy atom. The topological polar surface area (TPSA) is 4.93 Å². The molecule has 3 heteroatoms. The molecule has 0 unspecified atom stereocenters. The van der Waals surface area contributed by atoms with Gasteiger partial charge in [-0.25, -0.2) is 0 Å². The fraction of sp³-hybridized carbons (Fsp3) is 0. The summed E-state index contributed by atoms with van der Waals surface area (Å²) in [6, 6.07) is 24.0. The predicted octanol–water partition coefficient (Wildman–Crippen LogP) is 2.37. The summed E-state index contributed by atoms with van der Waals surface area (Å²) < 4.78 is 4.95. The van der Waals surface area contributed by atoms with Gasteiger partial charge in [0.05, 0.1) is 0 Å². The van der Waals surface area contributed by atoms with Crippen molar-refractivity contribution in [1.82, 2.24) is 4.57 Å². The average molecular weight is 255 g/mol. The van der Waals surface area contributed by atoms with Gasteiger partial charge in [-0.3, -0.25) is 0 Å². The summed E-state index contributed by atoms with van der Waals surface area (Å²) in [5, 5.41) is 2.66.